The molecule has 0 spiro atoms. The van der Waals surface area contributed by atoms with Crippen molar-refractivity contribution < 1.29 is 23.7 Å². The molecule has 1 unspecified atom stereocenters. The number of hydrogen-bond donors (Lipinski definition) is 1. The molecule has 1 amide bonds. The first-order valence-corrected chi connectivity index (χ1v) is 15.1. The van der Waals surface area contributed by atoms with Crippen LogP contribution in [0.25, 0.3) is 10.9 Å². The first kappa shape index (κ1) is 30.7. The van der Waals surface area contributed by atoms with Gasteiger partial charge in [-0.15, -0.1) is 0 Å². The number of fused-ring (bicyclic) bond motifs is 3. The Balaban J connectivity index is 0.000000351. The van der Waals surface area contributed by atoms with Crippen LogP contribution < -0.4 is 14.2 Å². The van der Waals surface area contributed by atoms with Gasteiger partial charge in [0.15, 0.2) is 11.5 Å². The maximum atomic E-state index is 12.0. The number of aryl methyl sites for hydroxylation is 1. The Labute approximate surface area is 258 Å². The van der Waals surface area contributed by atoms with Crippen LogP contribution in [0.2, 0.25) is 5.02 Å². The Kier molecular flexibility index (Phi) is 10.5. The van der Waals surface area contributed by atoms with Gasteiger partial charge in [-0.25, -0.2) is 0 Å². The van der Waals surface area contributed by atoms with E-state index in [0.717, 1.165) is 80.0 Å². The van der Waals surface area contributed by atoms with Gasteiger partial charge in [0.05, 0.1) is 40.1 Å². The van der Waals surface area contributed by atoms with E-state index in [2.05, 4.69) is 16.8 Å². The number of methoxy groups -OCH3 is 2. The largest absolute Gasteiger partial charge is 0.497 e. The van der Waals surface area contributed by atoms with Crippen molar-refractivity contribution in [3.8, 4) is 17.2 Å². The van der Waals surface area contributed by atoms with Crippen molar-refractivity contribution in [1.82, 2.24) is 14.8 Å². The van der Waals surface area contributed by atoms with Crippen LogP contribution in [0.5, 0.6) is 17.2 Å². The summed E-state index contributed by atoms with van der Waals surface area (Å²) in [4.78, 5) is 19.7. The van der Waals surface area contributed by atoms with Crippen molar-refractivity contribution in [3.63, 3.8) is 0 Å². The predicted molar refractivity (Wildman–Crippen MR) is 170 cm³/mol. The molecule has 3 heterocycles. The predicted octanol–water partition coefficient (Wildman–Crippen LogP) is 6.04. The van der Waals surface area contributed by atoms with E-state index in [0.29, 0.717) is 29.7 Å². The Morgan fingerprint density at radius 3 is 2.49 bits per heavy atom. The third-order valence-corrected chi connectivity index (χ3v) is 8.24. The SMILES string of the molecule is COc1cc(C2c3[nH]c4ccc(Cl)cc4c3CCN2C=O)ccc1OCCCN1CCOCC1.COc1ccc(C)cc1. The van der Waals surface area contributed by atoms with Gasteiger partial charge in [-0.05, 0) is 73.4 Å². The van der Waals surface area contributed by atoms with Crippen LogP contribution >= 0.6 is 11.6 Å². The molecule has 1 N–H and O–H groups in total. The van der Waals surface area contributed by atoms with Crippen LogP contribution in [0.4, 0.5) is 0 Å². The number of ether oxygens (including phenoxy) is 4. The number of carbonyl (C=O) groups excluding carboxylic acids is 1. The summed E-state index contributed by atoms with van der Waals surface area (Å²) in [5.74, 6) is 2.30. The molecule has 43 heavy (non-hydrogen) atoms. The summed E-state index contributed by atoms with van der Waals surface area (Å²) in [6.45, 7) is 7.88. The third-order valence-electron chi connectivity index (χ3n) is 8.00. The van der Waals surface area contributed by atoms with Crippen molar-refractivity contribution >= 4 is 28.9 Å². The van der Waals surface area contributed by atoms with Gasteiger partial charge < -0.3 is 28.8 Å². The standard InChI is InChI=1S/C26H30ClN3O4.C8H10O/c1-32-24-15-18(3-6-23(24)34-12-2-8-29-10-13-33-14-11-29)26-25-20(7-9-30(26)17-31)21-16-19(27)4-5-22(21)28-25;1-7-3-5-8(9-2)6-4-7/h3-6,15-17,26,28H,2,7-14H2,1H3;3-6H,1-2H3. The Morgan fingerprint density at radius 1 is 0.977 bits per heavy atom. The second-order valence-electron chi connectivity index (χ2n) is 10.8. The molecule has 8 nitrogen and oxygen atoms in total. The molecule has 1 aromatic heterocycles. The van der Waals surface area contributed by atoms with E-state index in [9.17, 15) is 4.79 Å². The van der Waals surface area contributed by atoms with Gasteiger partial charge in [0.2, 0.25) is 6.41 Å². The van der Waals surface area contributed by atoms with E-state index in [1.165, 1.54) is 11.1 Å². The molecule has 0 aliphatic carbocycles. The maximum absolute atomic E-state index is 12.0. The van der Waals surface area contributed by atoms with E-state index in [1.54, 1.807) is 14.2 Å². The molecule has 1 fully saturated rings. The molecule has 4 aromatic rings. The average molecular weight is 606 g/mol. The molecular formula is C34H40ClN3O5. The van der Waals surface area contributed by atoms with Crippen molar-refractivity contribution in [3.05, 3.63) is 88.1 Å². The zero-order valence-corrected chi connectivity index (χ0v) is 25.9. The van der Waals surface area contributed by atoms with E-state index in [-0.39, 0.29) is 6.04 Å². The van der Waals surface area contributed by atoms with Crippen molar-refractivity contribution in [1.29, 1.82) is 0 Å². The molecule has 228 valence electrons. The fraction of sp³-hybridized carbons (Fsp3) is 0.382. The summed E-state index contributed by atoms with van der Waals surface area (Å²) in [6.07, 6.45) is 2.65. The lowest BCUT2D eigenvalue weighted by Crippen LogP contribution is -2.37. The van der Waals surface area contributed by atoms with Crippen LogP contribution in [-0.2, 0) is 16.0 Å². The highest BCUT2D eigenvalue weighted by molar-refractivity contribution is 6.31. The van der Waals surface area contributed by atoms with Gasteiger partial charge in [-0.1, -0.05) is 35.4 Å². The zero-order chi connectivity index (χ0) is 30.2. The molecule has 1 atom stereocenters. The molecule has 2 aliphatic rings. The summed E-state index contributed by atoms with van der Waals surface area (Å²) in [5.41, 5.74) is 5.50. The van der Waals surface area contributed by atoms with Gasteiger partial charge in [0.25, 0.3) is 0 Å². The zero-order valence-electron chi connectivity index (χ0n) is 25.1. The van der Waals surface area contributed by atoms with E-state index >= 15 is 0 Å². The van der Waals surface area contributed by atoms with Gasteiger partial charge in [0, 0.05) is 47.8 Å². The number of carbonyl (C=O) groups is 1. The lowest BCUT2D eigenvalue weighted by atomic mass is 9.92. The van der Waals surface area contributed by atoms with Crippen LogP contribution in [0, 0.1) is 6.92 Å². The van der Waals surface area contributed by atoms with E-state index in [4.69, 9.17) is 30.5 Å². The molecule has 3 aromatic carbocycles. The smallest absolute Gasteiger partial charge is 0.210 e. The number of amides is 1. The molecule has 1 saturated heterocycles. The number of aromatic amines is 1. The number of nitrogens with one attached hydrogen (secondary N) is 1. The number of H-pyrrole nitrogens is 1. The minimum Gasteiger partial charge on any atom is -0.497 e. The van der Waals surface area contributed by atoms with Gasteiger partial charge in [-0.3, -0.25) is 9.69 Å². The number of hydrogen-bond acceptors (Lipinski definition) is 6. The van der Waals surface area contributed by atoms with E-state index in [1.807, 2.05) is 65.6 Å². The third kappa shape index (κ3) is 7.44. The summed E-state index contributed by atoms with van der Waals surface area (Å²) < 4.78 is 22.1. The first-order chi connectivity index (χ1) is 21.0. The number of nitrogens with zero attached hydrogens (tertiary/aromatic N) is 2. The van der Waals surface area contributed by atoms with Crippen LogP contribution in [0.1, 0.15) is 34.8 Å². The normalized spacial score (nSPS) is 16.7. The van der Waals surface area contributed by atoms with Gasteiger partial charge in [0.1, 0.15) is 5.75 Å². The number of halogens is 1. The summed E-state index contributed by atoms with van der Waals surface area (Å²) in [7, 11) is 3.32. The summed E-state index contributed by atoms with van der Waals surface area (Å²) in [5, 5.41) is 1.82. The fourth-order valence-corrected chi connectivity index (χ4v) is 5.87. The minimum absolute atomic E-state index is 0.225. The Bertz CT molecular complexity index is 1500. The second kappa shape index (κ2) is 14.6. The lowest BCUT2D eigenvalue weighted by molar-refractivity contribution is -0.120. The highest BCUT2D eigenvalue weighted by atomic mass is 35.5. The van der Waals surface area contributed by atoms with Gasteiger partial charge >= 0.3 is 0 Å². The number of benzene rings is 3. The molecular weight excluding hydrogens is 566 g/mol. The van der Waals surface area contributed by atoms with Crippen LogP contribution in [0.15, 0.2) is 60.7 Å². The van der Waals surface area contributed by atoms with Crippen molar-refractivity contribution in [2.75, 3.05) is 60.2 Å². The fourth-order valence-electron chi connectivity index (χ4n) is 5.69. The van der Waals surface area contributed by atoms with E-state index < -0.39 is 0 Å². The first-order valence-electron chi connectivity index (χ1n) is 14.7. The second-order valence-corrected chi connectivity index (χ2v) is 11.2. The quantitative estimate of drug-likeness (QED) is 0.185. The molecule has 0 radical (unpaired) electrons. The van der Waals surface area contributed by atoms with Crippen LogP contribution in [0.3, 0.4) is 0 Å². The topological polar surface area (TPSA) is 76.3 Å². The molecule has 9 heteroatoms. The molecule has 0 saturated carbocycles. The van der Waals surface area contributed by atoms with Gasteiger partial charge in [-0.2, -0.15) is 0 Å². The van der Waals surface area contributed by atoms with Crippen LogP contribution in [-0.4, -0.2) is 81.4 Å². The van der Waals surface area contributed by atoms with Crippen molar-refractivity contribution in [2.24, 2.45) is 0 Å². The maximum Gasteiger partial charge on any atom is 0.210 e. The lowest BCUT2D eigenvalue weighted by Gasteiger charge is -2.33. The monoisotopic (exact) mass is 605 g/mol. The number of aromatic nitrogens is 1. The van der Waals surface area contributed by atoms with Crippen molar-refractivity contribution in [2.45, 2.75) is 25.8 Å². The number of morpholine rings is 1. The summed E-state index contributed by atoms with van der Waals surface area (Å²) >= 11 is 6.26. The molecule has 6 rings (SSSR count). The Morgan fingerprint density at radius 2 is 1.77 bits per heavy atom. The Hall–Kier alpha value is -3.72. The summed E-state index contributed by atoms with van der Waals surface area (Å²) in [6, 6.07) is 19.5. The average Bonchev–Trinajstić information content (AvgIpc) is 3.41. The highest BCUT2D eigenvalue weighted by Crippen LogP contribution is 2.40. The minimum atomic E-state index is -0.225. The number of rotatable bonds is 9. The highest BCUT2D eigenvalue weighted by Gasteiger charge is 2.31. The molecule has 0 bridgehead atoms. The molecule has 2 aliphatic heterocycles.